The lowest BCUT2D eigenvalue weighted by Crippen LogP contribution is -2.22. The van der Waals surface area contributed by atoms with Crippen LogP contribution in [-0.2, 0) is 13.6 Å². The van der Waals surface area contributed by atoms with E-state index in [1.54, 1.807) is 24.5 Å². The van der Waals surface area contributed by atoms with E-state index < -0.39 is 6.10 Å². The van der Waals surface area contributed by atoms with E-state index in [0.29, 0.717) is 28.7 Å². The lowest BCUT2D eigenvalue weighted by atomic mass is 10.1. The Morgan fingerprint density at radius 1 is 1.42 bits per heavy atom. The fourth-order valence-corrected chi connectivity index (χ4v) is 2.09. The van der Waals surface area contributed by atoms with Gasteiger partial charge in [0.15, 0.2) is 0 Å². The van der Waals surface area contributed by atoms with Crippen LogP contribution in [0.4, 0.5) is 0 Å². The number of nitrogens with zero attached hydrogens (tertiary/aromatic N) is 3. The summed E-state index contributed by atoms with van der Waals surface area (Å²) in [5.41, 5.74) is 0.611. The molecular formula is C12H14Cl2N4O. The van der Waals surface area contributed by atoms with Gasteiger partial charge in [-0.25, -0.2) is 0 Å². The first kappa shape index (κ1) is 14.3. The first-order chi connectivity index (χ1) is 9.08. The van der Waals surface area contributed by atoms with Gasteiger partial charge in [-0.1, -0.05) is 23.2 Å². The highest BCUT2D eigenvalue weighted by molar-refractivity contribution is 6.33. The third-order valence-corrected chi connectivity index (χ3v) is 3.32. The predicted octanol–water partition coefficient (Wildman–Crippen LogP) is 1.95. The Hall–Kier alpha value is -1.14. The number of hydrogen-bond acceptors (Lipinski definition) is 4. The van der Waals surface area contributed by atoms with Gasteiger partial charge >= 0.3 is 0 Å². The number of aliphatic hydroxyl groups excluding tert-OH is 1. The van der Waals surface area contributed by atoms with Crippen molar-refractivity contribution in [2.24, 2.45) is 7.05 Å². The van der Waals surface area contributed by atoms with Gasteiger partial charge in [0.2, 0.25) is 0 Å². The monoisotopic (exact) mass is 300 g/mol. The van der Waals surface area contributed by atoms with Crippen LogP contribution in [0, 0.1) is 0 Å². The minimum absolute atomic E-state index is 0.354. The molecule has 0 saturated carbocycles. The van der Waals surface area contributed by atoms with Crippen molar-refractivity contribution in [1.82, 2.24) is 20.1 Å². The van der Waals surface area contributed by atoms with Gasteiger partial charge in [-0.2, -0.15) is 0 Å². The first-order valence-electron chi connectivity index (χ1n) is 5.74. The molecular weight excluding hydrogens is 287 g/mol. The molecule has 1 heterocycles. The SMILES string of the molecule is Cn1cnnc1CNCC(O)c1cc(Cl)ccc1Cl. The molecule has 0 radical (unpaired) electrons. The van der Waals surface area contributed by atoms with Crippen LogP contribution in [-0.4, -0.2) is 26.4 Å². The maximum atomic E-state index is 10.1. The second kappa shape index (κ2) is 6.34. The van der Waals surface area contributed by atoms with Crippen LogP contribution >= 0.6 is 23.2 Å². The zero-order valence-corrected chi connectivity index (χ0v) is 11.9. The van der Waals surface area contributed by atoms with Crippen molar-refractivity contribution in [3.63, 3.8) is 0 Å². The van der Waals surface area contributed by atoms with E-state index >= 15 is 0 Å². The number of benzene rings is 1. The average Bonchev–Trinajstić information content (AvgIpc) is 2.78. The standard InChI is InChI=1S/C12H14Cl2N4O/c1-18-7-16-17-12(18)6-15-5-11(19)9-4-8(13)2-3-10(9)14/h2-4,7,11,15,19H,5-6H2,1H3. The van der Waals surface area contributed by atoms with Crippen molar-refractivity contribution >= 4 is 23.2 Å². The Kier molecular flexibility index (Phi) is 4.76. The molecule has 1 aromatic carbocycles. The summed E-state index contributed by atoms with van der Waals surface area (Å²) in [6.07, 6.45) is 0.904. The second-order valence-corrected chi connectivity index (χ2v) is 5.01. The van der Waals surface area contributed by atoms with Crippen molar-refractivity contribution < 1.29 is 5.11 Å². The van der Waals surface area contributed by atoms with Gasteiger partial charge in [0.25, 0.3) is 0 Å². The maximum Gasteiger partial charge on any atom is 0.146 e. The van der Waals surface area contributed by atoms with Gasteiger partial charge in [0.1, 0.15) is 12.2 Å². The quantitative estimate of drug-likeness (QED) is 0.886. The molecule has 2 N–H and O–H groups in total. The summed E-state index contributed by atoms with van der Waals surface area (Å²) in [7, 11) is 1.86. The minimum atomic E-state index is -0.723. The molecule has 2 aromatic rings. The Bertz CT molecular complexity index is 558. The van der Waals surface area contributed by atoms with Crippen LogP contribution in [0.15, 0.2) is 24.5 Å². The summed E-state index contributed by atoms with van der Waals surface area (Å²) in [4.78, 5) is 0. The van der Waals surface area contributed by atoms with Gasteiger partial charge in [-0.3, -0.25) is 0 Å². The molecule has 0 amide bonds. The van der Waals surface area contributed by atoms with Crippen LogP contribution in [0.3, 0.4) is 0 Å². The molecule has 0 fully saturated rings. The molecule has 0 aliphatic carbocycles. The largest absolute Gasteiger partial charge is 0.387 e. The molecule has 5 nitrogen and oxygen atoms in total. The topological polar surface area (TPSA) is 63.0 Å². The summed E-state index contributed by atoms with van der Waals surface area (Å²) < 4.78 is 1.81. The third kappa shape index (κ3) is 3.67. The molecule has 7 heteroatoms. The zero-order valence-electron chi connectivity index (χ0n) is 10.3. The highest BCUT2D eigenvalue weighted by Crippen LogP contribution is 2.25. The Morgan fingerprint density at radius 2 is 2.21 bits per heavy atom. The molecule has 0 aliphatic rings. The van der Waals surface area contributed by atoms with Crippen molar-refractivity contribution in [3.05, 3.63) is 46.0 Å². The van der Waals surface area contributed by atoms with Crippen molar-refractivity contribution in [2.75, 3.05) is 6.54 Å². The first-order valence-corrected chi connectivity index (χ1v) is 6.50. The third-order valence-electron chi connectivity index (χ3n) is 2.74. The molecule has 0 aliphatic heterocycles. The molecule has 1 aromatic heterocycles. The highest BCUT2D eigenvalue weighted by atomic mass is 35.5. The minimum Gasteiger partial charge on any atom is -0.387 e. The maximum absolute atomic E-state index is 10.1. The fourth-order valence-electron chi connectivity index (χ4n) is 1.67. The van der Waals surface area contributed by atoms with E-state index in [-0.39, 0.29) is 0 Å². The summed E-state index contributed by atoms with van der Waals surface area (Å²) in [5, 5.41) is 21.9. The van der Waals surface area contributed by atoms with Crippen molar-refractivity contribution in [1.29, 1.82) is 0 Å². The van der Waals surface area contributed by atoms with Gasteiger partial charge < -0.3 is 15.0 Å². The zero-order chi connectivity index (χ0) is 13.8. The Labute approximate surface area is 121 Å². The van der Waals surface area contributed by atoms with Crippen LogP contribution in [0.2, 0.25) is 10.0 Å². The molecule has 0 saturated heterocycles. The molecule has 19 heavy (non-hydrogen) atoms. The number of rotatable bonds is 5. The van der Waals surface area contributed by atoms with Crippen LogP contribution in [0.25, 0.3) is 0 Å². The van der Waals surface area contributed by atoms with Crippen LogP contribution in [0.5, 0.6) is 0 Å². The second-order valence-electron chi connectivity index (χ2n) is 4.17. The summed E-state index contributed by atoms with van der Waals surface area (Å²) in [5.74, 6) is 0.796. The van der Waals surface area contributed by atoms with E-state index in [2.05, 4.69) is 15.5 Å². The van der Waals surface area contributed by atoms with E-state index in [1.807, 2.05) is 11.6 Å². The summed E-state index contributed by atoms with van der Waals surface area (Å²) >= 11 is 11.9. The van der Waals surface area contributed by atoms with Gasteiger partial charge in [0, 0.05) is 29.2 Å². The number of aryl methyl sites for hydroxylation is 1. The highest BCUT2D eigenvalue weighted by Gasteiger charge is 2.12. The Morgan fingerprint density at radius 3 is 2.89 bits per heavy atom. The van der Waals surface area contributed by atoms with Crippen molar-refractivity contribution in [2.45, 2.75) is 12.6 Å². The number of hydrogen-bond donors (Lipinski definition) is 2. The number of aromatic nitrogens is 3. The lowest BCUT2D eigenvalue weighted by Gasteiger charge is -2.13. The number of nitrogens with one attached hydrogen (secondary N) is 1. The molecule has 1 unspecified atom stereocenters. The van der Waals surface area contributed by atoms with Gasteiger partial charge in [0.05, 0.1) is 12.6 Å². The normalized spacial score (nSPS) is 12.6. The van der Waals surface area contributed by atoms with E-state index in [9.17, 15) is 5.11 Å². The van der Waals surface area contributed by atoms with Crippen LogP contribution in [0.1, 0.15) is 17.5 Å². The lowest BCUT2D eigenvalue weighted by molar-refractivity contribution is 0.174. The van der Waals surface area contributed by atoms with E-state index in [1.165, 1.54) is 0 Å². The van der Waals surface area contributed by atoms with E-state index in [4.69, 9.17) is 23.2 Å². The fraction of sp³-hybridized carbons (Fsp3) is 0.333. The molecule has 0 spiro atoms. The van der Waals surface area contributed by atoms with Crippen LogP contribution < -0.4 is 5.32 Å². The summed E-state index contributed by atoms with van der Waals surface area (Å²) in [6.45, 7) is 0.874. The van der Waals surface area contributed by atoms with Crippen molar-refractivity contribution in [3.8, 4) is 0 Å². The Balaban J connectivity index is 1.92. The number of aliphatic hydroxyl groups is 1. The smallest absolute Gasteiger partial charge is 0.146 e. The predicted molar refractivity (Wildman–Crippen MR) is 74.1 cm³/mol. The molecule has 102 valence electrons. The number of halogens is 2. The van der Waals surface area contributed by atoms with Gasteiger partial charge in [-0.15, -0.1) is 10.2 Å². The average molecular weight is 301 g/mol. The van der Waals surface area contributed by atoms with E-state index in [0.717, 1.165) is 5.82 Å². The van der Waals surface area contributed by atoms with Gasteiger partial charge in [-0.05, 0) is 18.2 Å². The molecule has 1 atom stereocenters. The molecule has 0 bridgehead atoms. The molecule has 2 rings (SSSR count). The summed E-state index contributed by atoms with van der Waals surface area (Å²) in [6, 6.07) is 5.02.